The van der Waals surface area contributed by atoms with Crippen LogP contribution < -0.4 is 20.1 Å². The number of carbonyl (C=O) groups is 1. The molecule has 3 aromatic rings. The molecule has 0 aliphatic rings. The molecule has 4 N–H and O–H groups in total. The van der Waals surface area contributed by atoms with Crippen LogP contribution in [0.3, 0.4) is 0 Å². The molecule has 0 fully saturated rings. The first kappa shape index (κ1) is 30.9. The highest BCUT2D eigenvalue weighted by atomic mass is 35.5. The minimum Gasteiger partial charge on any atom is -0.495 e. The van der Waals surface area contributed by atoms with E-state index < -0.39 is 16.8 Å². The van der Waals surface area contributed by atoms with Gasteiger partial charge in [-0.15, -0.1) is 0 Å². The second kappa shape index (κ2) is 15.8. The fourth-order valence-electron chi connectivity index (χ4n) is 3.28. The monoisotopic (exact) mass is 559 g/mol. The van der Waals surface area contributed by atoms with Crippen molar-refractivity contribution >= 4 is 28.4 Å². The predicted octanol–water partition coefficient (Wildman–Crippen LogP) is 4.10. The predicted molar refractivity (Wildman–Crippen MR) is 151 cm³/mol. The zero-order chi connectivity index (χ0) is 28.1. The van der Waals surface area contributed by atoms with Gasteiger partial charge in [-0.2, -0.15) is 0 Å². The molecule has 0 heterocycles. The lowest BCUT2D eigenvalue weighted by Gasteiger charge is -2.13. The van der Waals surface area contributed by atoms with Gasteiger partial charge < -0.3 is 25.2 Å². The van der Waals surface area contributed by atoms with Crippen LogP contribution in [0.25, 0.3) is 0 Å². The fourth-order valence-corrected chi connectivity index (χ4v) is 4.64. The Morgan fingerprint density at radius 3 is 2.24 bits per heavy atom. The summed E-state index contributed by atoms with van der Waals surface area (Å²) in [6.45, 7) is 6.26. The minimum absolute atomic E-state index is 0.313. The number of carboxylic acids is 1. The second-order valence-corrected chi connectivity index (χ2v) is 10.6. The van der Waals surface area contributed by atoms with Crippen LogP contribution >= 0.6 is 11.6 Å². The van der Waals surface area contributed by atoms with Gasteiger partial charge in [0.1, 0.15) is 18.1 Å². The number of hydrogen-bond acceptors (Lipinski definition) is 5. The van der Waals surface area contributed by atoms with Crippen LogP contribution in [0.1, 0.15) is 25.0 Å². The van der Waals surface area contributed by atoms with E-state index in [0.29, 0.717) is 32.9 Å². The fraction of sp³-hybridized carbons (Fsp3) is 0.276. The molecule has 0 amide bonds. The van der Waals surface area contributed by atoms with Gasteiger partial charge in [-0.05, 0) is 73.5 Å². The standard InChI is InChI=1S/C25H28ClNO3S.C4H7NO2/c1-4-27(2)16-15-19-7-14-24(29-3)25(17-19)31(28)23-12-10-22(11-13-23)30-18-20-5-8-21(26)9-6-20;1-3(5)2-4(6)7/h5-14,17H,4,15-16,18H2,1-3H3;2H,5H2,1H3,(H,6,7)/p+1/b;3-2+. The van der Waals surface area contributed by atoms with Crippen LogP contribution in [-0.2, 0) is 28.6 Å². The molecule has 2 unspecified atom stereocenters. The Bertz CT molecular complexity index is 1230. The zero-order valence-electron chi connectivity index (χ0n) is 22.2. The van der Waals surface area contributed by atoms with Gasteiger partial charge in [0.05, 0.1) is 42.9 Å². The molecular formula is C29H36ClN2O5S+. The van der Waals surface area contributed by atoms with Crippen molar-refractivity contribution in [3.05, 3.63) is 94.7 Å². The molecule has 204 valence electrons. The van der Waals surface area contributed by atoms with E-state index >= 15 is 0 Å². The molecule has 0 spiro atoms. The molecule has 38 heavy (non-hydrogen) atoms. The summed E-state index contributed by atoms with van der Waals surface area (Å²) in [6, 6.07) is 20.9. The number of benzene rings is 3. The number of methoxy groups -OCH3 is 1. The molecule has 0 aromatic heterocycles. The average molecular weight is 560 g/mol. The third kappa shape index (κ3) is 10.6. The van der Waals surface area contributed by atoms with Gasteiger partial charge in [0.25, 0.3) is 0 Å². The van der Waals surface area contributed by atoms with E-state index in [9.17, 15) is 9.00 Å². The summed E-state index contributed by atoms with van der Waals surface area (Å²) >= 11 is 5.92. The van der Waals surface area contributed by atoms with Crippen molar-refractivity contribution in [1.29, 1.82) is 0 Å². The Morgan fingerprint density at radius 1 is 1.08 bits per heavy atom. The van der Waals surface area contributed by atoms with Crippen molar-refractivity contribution in [3.63, 3.8) is 0 Å². The molecule has 0 aliphatic carbocycles. The summed E-state index contributed by atoms with van der Waals surface area (Å²) < 4.78 is 24.6. The molecule has 0 saturated heterocycles. The lowest BCUT2D eigenvalue weighted by atomic mass is 10.1. The number of likely N-dealkylation sites (N-methyl/N-ethyl adjacent to an activating group) is 1. The van der Waals surface area contributed by atoms with E-state index in [1.807, 2.05) is 60.7 Å². The number of allylic oxidation sites excluding steroid dienone is 1. The molecular weight excluding hydrogens is 524 g/mol. The highest BCUT2D eigenvalue weighted by molar-refractivity contribution is 7.85. The Hall–Kier alpha value is -3.33. The summed E-state index contributed by atoms with van der Waals surface area (Å²) in [5.41, 5.74) is 7.49. The number of aliphatic carboxylic acids is 1. The highest BCUT2D eigenvalue weighted by Gasteiger charge is 2.15. The number of nitrogens with one attached hydrogen (secondary N) is 1. The summed E-state index contributed by atoms with van der Waals surface area (Å²) in [5.74, 6) is 0.364. The van der Waals surface area contributed by atoms with Gasteiger partial charge in [-0.3, -0.25) is 0 Å². The van der Waals surface area contributed by atoms with E-state index in [1.165, 1.54) is 17.4 Å². The topological polar surface area (TPSA) is 103 Å². The quantitative estimate of drug-likeness (QED) is 0.306. The Balaban J connectivity index is 0.000000638. The smallest absolute Gasteiger partial charge is 0.330 e. The molecule has 0 radical (unpaired) electrons. The second-order valence-electron chi connectivity index (χ2n) is 8.68. The van der Waals surface area contributed by atoms with Crippen LogP contribution in [0.4, 0.5) is 0 Å². The molecule has 9 heteroatoms. The Labute approximate surface area is 232 Å². The molecule has 0 saturated carbocycles. The van der Waals surface area contributed by atoms with Crippen molar-refractivity contribution in [1.82, 2.24) is 0 Å². The van der Waals surface area contributed by atoms with Crippen LogP contribution in [0.15, 0.2) is 88.3 Å². The first-order valence-electron chi connectivity index (χ1n) is 12.2. The maximum Gasteiger partial charge on any atom is 0.330 e. The maximum atomic E-state index is 13.3. The number of nitrogens with two attached hydrogens (primary N) is 1. The number of carboxylic acid groups (broad SMARTS) is 1. The first-order valence-corrected chi connectivity index (χ1v) is 13.7. The molecule has 7 nitrogen and oxygen atoms in total. The van der Waals surface area contributed by atoms with Crippen molar-refractivity contribution in [2.24, 2.45) is 5.73 Å². The maximum absolute atomic E-state index is 13.3. The number of ether oxygens (including phenoxy) is 2. The van der Waals surface area contributed by atoms with Crippen molar-refractivity contribution in [2.75, 3.05) is 27.2 Å². The number of hydrogen-bond donors (Lipinski definition) is 3. The van der Waals surface area contributed by atoms with Gasteiger partial charge in [0.15, 0.2) is 0 Å². The molecule has 3 aromatic carbocycles. The lowest BCUT2D eigenvalue weighted by Crippen LogP contribution is -3.08. The van der Waals surface area contributed by atoms with Crippen LogP contribution in [0.2, 0.25) is 5.02 Å². The van der Waals surface area contributed by atoms with E-state index in [2.05, 4.69) is 20.0 Å². The average Bonchev–Trinajstić information content (AvgIpc) is 2.90. The first-order chi connectivity index (χ1) is 18.1. The summed E-state index contributed by atoms with van der Waals surface area (Å²) in [7, 11) is 2.45. The lowest BCUT2D eigenvalue weighted by molar-refractivity contribution is -0.877. The molecule has 2 atom stereocenters. The normalized spacial score (nSPS) is 12.6. The largest absolute Gasteiger partial charge is 0.495 e. The van der Waals surface area contributed by atoms with Gasteiger partial charge in [0, 0.05) is 28.1 Å². The number of halogens is 1. The van der Waals surface area contributed by atoms with Crippen molar-refractivity contribution in [2.45, 2.75) is 36.7 Å². The summed E-state index contributed by atoms with van der Waals surface area (Å²) in [6.07, 6.45) is 1.88. The van der Waals surface area contributed by atoms with Crippen molar-refractivity contribution < 1.29 is 28.5 Å². The summed E-state index contributed by atoms with van der Waals surface area (Å²) in [4.78, 5) is 12.5. The van der Waals surface area contributed by atoms with Crippen LogP contribution in [0.5, 0.6) is 11.5 Å². The van der Waals surface area contributed by atoms with Gasteiger partial charge in [0.2, 0.25) is 0 Å². The summed E-state index contributed by atoms with van der Waals surface area (Å²) in [5, 5.41) is 8.63. The highest BCUT2D eigenvalue weighted by Crippen LogP contribution is 2.28. The third-order valence-electron chi connectivity index (χ3n) is 5.58. The SMILES string of the molecule is C/C(N)=C\C(=O)O.CC[NH+](C)CCc1ccc(OC)c(S(=O)c2ccc(OCc3ccc(Cl)cc3)cc2)c1. The number of rotatable bonds is 11. The molecule has 0 aliphatic heterocycles. The van der Waals surface area contributed by atoms with E-state index in [0.717, 1.165) is 36.9 Å². The van der Waals surface area contributed by atoms with Gasteiger partial charge in [-0.1, -0.05) is 29.8 Å². The van der Waals surface area contributed by atoms with Gasteiger partial charge >= 0.3 is 5.97 Å². The molecule has 3 rings (SSSR count). The Kier molecular flexibility index (Phi) is 12.9. The Morgan fingerprint density at radius 2 is 1.71 bits per heavy atom. The third-order valence-corrected chi connectivity index (χ3v) is 7.25. The van der Waals surface area contributed by atoms with Crippen LogP contribution in [0, 0.1) is 0 Å². The van der Waals surface area contributed by atoms with Gasteiger partial charge in [-0.25, -0.2) is 9.00 Å². The van der Waals surface area contributed by atoms with Crippen LogP contribution in [-0.4, -0.2) is 42.5 Å². The van der Waals surface area contributed by atoms with Crippen molar-refractivity contribution in [3.8, 4) is 11.5 Å². The molecule has 0 bridgehead atoms. The zero-order valence-corrected chi connectivity index (χ0v) is 23.8. The van der Waals surface area contributed by atoms with E-state index in [-0.39, 0.29) is 0 Å². The van der Waals surface area contributed by atoms with E-state index in [1.54, 1.807) is 7.11 Å². The number of quaternary nitrogens is 1. The van der Waals surface area contributed by atoms with E-state index in [4.69, 9.17) is 31.9 Å². The minimum atomic E-state index is -1.34.